The van der Waals surface area contributed by atoms with Gasteiger partial charge in [-0.25, -0.2) is 0 Å². The molecular weight excluding hydrogens is 180 g/mol. The van der Waals surface area contributed by atoms with Gasteiger partial charge in [-0.1, -0.05) is 0 Å². The maximum atomic E-state index is 4.10. The van der Waals surface area contributed by atoms with Crippen molar-refractivity contribution in [2.45, 2.75) is 6.54 Å². The summed E-state index contributed by atoms with van der Waals surface area (Å²) in [5.74, 6) is 1.63. The van der Waals surface area contributed by atoms with Crippen molar-refractivity contribution in [3.63, 3.8) is 0 Å². The molecular formula is C8H12N6. The largest absolute Gasteiger partial charge is 0.357 e. The molecule has 2 aromatic rings. The normalized spacial score (nSPS) is 10.4. The number of aromatic nitrogens is 5. The van der Waals surface area contributed by atoms with Gasteiger partial charge in [-0.2, -0.15) is 5.10 Å². The van der Waals surface area contributed by atoms with Crippen LogP contribution in [0.5, 0.6) is 0 Å². The first-order valence-corrected chi connectivity index (χ1v) is 4.34. The average Bonchev–Trinajstić information content (AvgIpc) is 2.79. The Kier molecular flexibility index (Phi) is 2.18. The van der Waals surface area contributed by atoms with Crippen molar-refractivity contribution in [1.29, 1.82) is 0 Å². The Labute approximate surface area is 81.6 Å². The van der Waals surface area contributed by atoms with Crippen LogP contribution in [-0.2, 0) is 13.6 Å². The van der Waals surface area contributed by atoms with Crippen molar-refractivity contribution >= 4 is 5.95 Å². The van der Waals surface area contributed by atoms with Gasteiger partial charge in [-0.05, 0) is 6.07 Å². The van der Waals surface area contributed by atoms with Crippen LogP contribution in [0, 0.1) is 0 Å². The van der Waals surface area contributed by atoms with E-state index in [2.05, 4.69) is 20.6 Å². The van der Waals surface area contributed by atoms with E-state index < -0.39 is 0 Å². The molecule has 0 unspecified atom stereocenters. The number of hydrogen-bond donors (Lipinski definition) is 1. The van der Waals surface area contributed by atoms with Crippen LogP contribution in [0.2, 0.25) is 0 Å². The molecule has 0 spiro atoms. The highest BCUT2D eigenvalue weighted by molar-refractivity contribution is 5.23. The van der Waals surface area contributed by atoms with Crippen LogP contribution < -0.4 is 5.32 Å². The van der Waals surface area contributed by atoms with Gasteiger partial charge in [-0.15, -0.1) is 10.2 Å². The maximum Gasteiger partial charge on any atom is 0.224 e. The molecule has 0 atom stereocenters. The summed E-state index contributed by atoms with van der Waals surface area (Å²) in [6.45, 7) is 0.637. The summed E-state index contributed by atoms with van der Waals surface area (Å²) in [7, 11) is 3.74. The van der Waals surface area contributed by atoms with Gasteiger partial charge in [0.25, 0.3) is 0 Å². The van der Waals surface area contributed by atoms with Gasteiger partial charge >= 0.3 is 0 Å². The van der Waals surface area contributed by atoms with E-state index in [0.29, 0.717) is 6.54 Å². The summed E-state index contributed by atoms with van der Waals surface area (Å²) in [5.41, 5.74) is 0. The Balaban J connectivity index is 2.21. The van der Waals surface area contributed by atoms with E-state index in [9.17, 15) is 0 Å². The highest BCUT2D eigenvalue weighted by Crippen LogP contribution is 2.04. The van der Waals surface area contributed by atoms with E-state index in [1.807, 2.05) is 35.6 Å². The first kappa shape index (κ1) is 8.74. The average molecular weight is 192 g/mol. The number of nitrogens with zero attached hydrogens (tertiary/aromatic N) is 5. The fourth-order valence-electron chi connectivity index (χ4n) is 1.26. The van der Waals surface area contributed by atoms with Gasteiger partial charge in [0.05, 0.1) is 0 Å². The molecule has 0 saturated heterocycles. The summed E-state index contributed by atoms with van der Waals surface area (Å²) in [6, 6.07) is 1.88. The van der Waals surface area contributed by atoms with E-state index in [4.69, 9.17) is 0 Å². The SMILES string of the molecule is CNc1nnc(Cn2cccn2)n1C. The molecule has 74 valence electrons. The molecule has 2 aromatic heterocycles. The highest BCUT2D eigenvalue weighted by atomic mass is 15.4. The van der Waals surface area contributed by atoms with Crippen LogP contribution in [0.4, 0.5) is 5.95 Å². The van der Waals surface area contributed by atoms with Crippen molar-refractivity contribution in [2.75, 3.05) is 12.4 Å². The maximum absolute atomic E-state index is 4.10. The van der Waals surface area contributed by atoms with Crippen molar-refractivity contribution in [3.05, 3.63) is 24.3 Å². The Morgan fingerprint density at radius 3 is 2.86 bits per heavy atom. The topological polar surface area (TPSA) is 60.6 Å². The summed E-state index contributed by atoms with van der Waals surface area (Å²) in [4.78, 5) is 0. The van der Waals surface area contributed by atoms with Crippen LogP contribution in [-0.4, -0.2) is 31.6 Å². The summed E-state index contributed by atoms with van der Waals surface area (Å²) in [6.07, 6.45) is 3.64. The van der Waals surface area contributed by atoms with Crippen molar-refractivity contribution in [2.24, 2.45) is 7.05 Å². The van der Waals surface area contributed by atoms with Gasteiger partial charge in [0.2, 0.25) is 5.95 Å². The molecule has 6 nitrogen and oxygen atoms in total. The lowest BCUT2D eigenvalue weighted by atomic mass is 10.6. The zero-order valence-corrected chi connectivity index (χ0v) is 8.18. The monoisotopic (exact) mass is 192 g/mol. The lowest BCUT2D eigenvalue weighted by Crippen LogP contribution is -2.07. The Hall–Kier alpha value is -1.85. The lowest BCUT2D eigenvalue weighted by Gasteiger charge is -2.02. The highest BCUT2D eigenvalue weighted by Gasteiger charge is 2.06. The molecule has 0 bridgehead atoms. The molecule has 14 heavy (non-hydrogen) atoms. The third-order valence-corrected chi connectivity index (χ3v) is 2.05. The van der Waals surface area contributed by atoms with Gasteiger partial charge in [0, 0.05) is 26.5 Å². The molecule has 0 radical (unpaired) electrons. The third kappa shape index (κ3) is 1.46. The van der Waals surface area contributed by atoms with E-state index in [1.54, 1.807) is 6.20 Å². The Morgan fingerprint density at radius 1 is 1.43 bits per heavy atom. The van der Waals surface area contributed by atoms with E-state index in [1.165, 1.54) is 0 Å². The molecule has 1 N–H and O–H groups in total. The summed E-state index contributed by atoms with van der Waals surface area (Å²) < 4.78 is 3.71. The van der Waals surface area contributed by atoms with Crippen LogP contribution in [0.3, 0.4) is 0 Å². The number of anilines is 1. The van der Waals surface area contributed by atoms with Crippen LogP contribution in [0.15, 0.2) is 18.5 Å². The fourth-order valence-corrected chi connectivity index (χ4v) is 1.26. The first-order valence-electron chi connectivity index (χ1n) is 4.34. The van der Waals surface area contributed by atoms with Gasteiger partial charge in [0.1, 0.15) is 6.54 Å². The number of hydrogen-bond acceptors (Lipinski definition) is 4. The van der Waals surface area contributed by atoms with E-state index >= 15 is 0 Å². The molecule has 0 aliphatic carbocycles. The van der Waals surface area contributed by atoms with Gasteiger partial charge < -0.3 is 5.32 Å². The Morgan fingerprint density at radius 2 is 2.29 bits per heavy atom. The summed E-state index contributed by atoms with van der Waals surface area (Å²) in [5, 5.41) is 15.1. The minimum absolute atomic E-state index is 0.637. The third-order valence-electron chi connectivity index (χ3n) is 2.05. The zero-order valence-electron chi connectivity index (χ0n) is 8.18. The second-order valence-corrected chi connectivity index (χ2v) is 2.95. The van der Waals surface area contributed by atoms with Crippen LogP contribution >= 0.6 is 0 Å². The molecule has 0 aliphatic heterocycles. The molecule has 0 aromatic carbocycles. The molecule has 6 heteroatoms. The van der Waals surface area contributed by atoms with Crippen LogP contribution in [0.25, 0.3) is 0 Å². The molecule has 2 heterocycles. The van der Waals surface area contributed by atoms with Gasteiger partial charge in [0.15, 0.2) is 5.82 Å². The molecule has 0 fully saturated rings. The predicted octanol–water partition coefficient (Wildman–Crippen LogP) is 0.102. The molecule has 0 amide bonds. The van der Waals surface area contributed by atoms with Crippen molar-refractivity contribution in [3.8, 4) is 0 Å². The minimum Gasteiger partial charge on any atom is -0.357 e. The number of rotatable bonds is 3. The van der Waals surface area contributed by atoms with Crippen molar-refractivity contribution < 1.29 is 0 Å². The standard InChI is InChI=1S/C8H12N6/c1-9-8-12-11-7(13(8)2)6-14-5-3-4-10-14/h3-5H,6H2,1-2H3,(H,9,12). The second-order valence-electron chi connectivity index (χ2n) is 2.95. The molecule has 0 saturated carbocycles. The fraction of sp³-hybridized carbons (Fsp3) is 0.375. The molecule has 0 aliphatic rings. The molecule has 2 rings (SSSR count). The smallest absolute Gasteiger partial charge is 0.224 e. The van der Waals surface area contributed by atoms with Gasteiger partial charge in [-0.3, -0.25) is 9.25 Å². The van der Waals surface area contributed by atoms with Crippen molar-refractivity contribution in [1.82, 2.24) is 24.5 Å². The van der Waals surface area contributed by atoms with E-state index in [0.717, 1.165) is 11.8 Å². The lowest BCUT2D eigenvalue weighted by molar-refractivity contribution is 0.631. The second kappa shape index (κ2) is 3.49. The minimum atomic E-state index is 0.637. The van der Waals surface area contributed by atoms with Crippen LogP contribution in [0.1, 0.15) is 5.82 Å². The summed E-state index contributed by atoms with van der Waals surface area (Å²) >= 11 is 0. The van der Waals surface area contributed by atoms with E-state index in [-0.39, 0.29) is 0 Å². The Bertz CT molecular complexity index is 401. The number of nitrogens with one attached hydrogen (secondary N) is 1. The zero-order chi connectivity index (χ0) is 9.97. The quantitative estimate of drug-likeness (QED) is 0.749. The predicted molar refractivity (Wildman–Crippen MR) is 51.9 cm³/mol. The first-order chi connectivity index (χ1) is 6.81.